The predicted octanol–water partition coefficient (Wildman–Crippen LogP) is 2.52. The molecule has 0 spiro atoms. The van der Waals surface area contributed by atoms with Gasteiger partial charge in [0.2, 0.25) is 11.8 Å². The Labute approximate surface area is 224 Å². The molecular formula is C28H40N6O4. The van der Waals surface area contributed by atoms with Crippen molar-refractivity contribution in [2.24, 2.45) is 17.4 Å². The third-order valence-corrected chi connectivity index (χ3v) is 6.69. The number of ether oxygens (including phenoxy) is 1. The highest BCUT2D eigenvalue weighted by Gasteiger charge is 2.22. The maximum atomic E-state index is 13.4. The average Bonchev–Trinajstić information content (AvgIpc) is 2.89. The number of primary amides is 1. The molecule has 0 fully saturated rings. The van der Waals surface area contributed by atoms with Gasteiger partial charge in [-0.3, -0.25) is 14.4 Å². The summed E-state index contributed by atoms with van der Waals surface area (Å²) >= 11 is 0. The van der Waals surface area contributed by atoms with Crippen molar-refractivity contribution >= 4 is 29.1 Å². The first-order valence-electron chi connectivity index (χ1n) is 13.3. The van der Waals surface area contributed by atoms with E-state index >= 15 is 0 Å². The summed E-state index contributed by atoms with van der Waals surface area (Å²) in [5.74, 6) is -0.890. The van der Waals surface area contributed by atoms with Gasteiger partial charge in [0.25, 0.3) is 5.91 Å². The van der Waals surface area contributed by atoms with E-state index in [9.17, 15) is 14.4 Å². The van der Waals surface area contributed by atoms with Crippen LogP contribution in [0.3, 0.4) is 0 Å². The first kappa shape index (κ1) is 28.9. The van der Waals surface area contributed by atoms with Crippen LogP contribution < -0.4 is 37.9 Å². The van der Waals surface area contributed by atoms with Gasteiger partial charge in [-0.2, -0.15) is 0 Å². The van der Waals surface area contributed by atoms with Crippen molar-refractivity contribution in [2.75, 3.05) is 30.7 Å². The Morgan fingerprint density at radius 1 is 1.11 bits per heavy atom. The highest BCUT2D eigenvalue weighted by atomic mass is 16.5. The Morgan fingerprint density at radius 3 is 2.66 bits per heavy atom. The molecule has 0 saturated carbocycles. The third kappa shape index (κ3) is 8.19. The molecule has 1 heterocycles. The first-order chi connectivity index (χ1) is 18.3. The molecule has 1 aliphatic rings. The zero-order chi connectivity index (χ0) is 27.5. The van der Waals surface area contributed by atoms with Crippen LogP contribution in [0.25, 0.3) is 0 Å². The fourth-order valence-corrected chi connectivity index (χ4v) is 4.54. The van der Waals surface area contributed by atoms with Crippen LogP contribution in [-0.2, 0) is 11.4 Å². The van der Waals surface area contributed by atoms with E-state index in [0.717, 1.165) is 25.7 Å². The van der Waals surface area contributed by atoms with Gasteiger partial charge < -0.3 is 37.9 Å². The number of nitrogens with two attached hydrogens (primary N) is 3. The minimum absolute atomic E-state index is 0.0522. The number of hydrogen-bond donors (Lipinski definition) is 6. The lowest BCUT2D eigenvalue weighted by atomic mass is 9.96. The van der Waals surface area contributed by atoms with E-state index in [1.54, 1.807) is 36.4 Å². The standard InChI is InChI=1S/C28H40N6O4/c1-2-5-22-16-32-13-11-18(6-3-4-12-29)27(36)34-24-14-19(26(31)35)7-8-20(24)17-38-25-10-9-21(30)15-23(25)28(37)33-22/h7-10,14-15,18,22,32H,2-6,11-13,16-17,29-30H2,1H3,(H2,31,35)(H,33,37)(H,34,36). The predicted molar refractivity (Wildman–Crippen MR) is 149 cm³/mol. The summed E-state index contributed by atoms with van der Waals surface area (Å²) in [6.45, 7) is 3.87. The van der Waals surface area contributed by atoms with Gasteiger partial charge in [0.15, 0.2) is 0 Å². The molecule has 9 N–H and O–H groups in total. The summed E-state index contributed by atoms with van der Waals surface area (Å²) in [4.78, 5) is 38.5. The monoisotopic (exact) mass is 524 g/mol. The second-order valence-corrected chi connectivity index (χ2v) is 9.70. The second kappa shape index (κ2) is 14.3. The Bertz CT molecular complexity index is 1120. The van der Waals surface area contributed by atoms with Crippen molar-refractivity contribution in [1.29, 1.82) is 0 Å². The molecule has 2 aromatic rings. The number of carbonyl (C=O) groups excluding carboxylic acids is 3. The van der Waals surface area contributed by atoms with Gasteiger partial charge >= 0.3 is 0 Å². The Hall–Kier alpha value is -3.63. The molecule has 38 heavy (non-hydrogen) atoms. The minimum Gasteiger partial charge on any atom is -0.488 e. The van der Waals surface area contributed by atoms with E-state index in [1.165, 1.54) is 0 Å². The van der Waals surface area contributed by atoms with Crippen molar-refractivity contribution in [3.8, 4) is 5.75 Å². The van der Waals surface area contributed by atoms with Gasteiger partial charge in [-0.25, -0.2) is 0 Å². The highest BCUT2D eigenvalue weighted by molar-refractivity contribution is 5.98. The number of anilines is 2. The van der Waals surface area contributed by atoms with E-state index in [2.05, 4.69) is 22.9 Å². The molecule has 3 rings (SSSR count). The highest BCUT2D eigenvalue weighted by Crippen LogP contribution is 2.26. The number of carbonyl (C=O) groups is 3. The van der Waals surface area contributed by atoms with Crippen LogP contribution in [0.2, 0.25) is 0 Å². The van der Waals surface area contributed by atoms with Crippen LogP contribution in [-0.4, -0.2) is 43.4 Å². The molecule has 2 atom stereocenters. The molecule has 1 aliphatic heterocycles. The van der Waals surface area contributed by atoms with E-state index in [-0.39, 0.29) is 35.9 Å². The van der Waals surface area contributed by atoms with Crippen LogP contribution in [0.4, 0.5) is 11.4 Å². The molecule has 2 aromatic carbocycles. The number of benzene rings is 2. The quantitative estimate of drug-likeness (QED) is 0.238. The summed E-state index contributed by atoms with van der Waals surface area (Å²) in [5.41, 5.74) is 19.3. The summed E-state index contributed by atoms with van der Waals surface area (Å²) < 4.78 is 6.06. The largest absolute Gasteiger partial charge is 0.488 e. The van der Waals surface area contributed by atoms with E-state index in [0.29, 0.717) is 60.7 Å². The van der Waals surface area contributed by atoms with Crippen LogP contribution in [0.15, 0.2) is 36.4 Å². The number of nitrogens with one attached hydrogen (secondary N) is 3. The van der Waals surface area contributed by atoms with Crippen molar-refractivity contribution in [1.82, 2.24) is 10.6 Å². The van der Waals surface area contributed by atoms with E-state index in [1.807, 2.05) is 0 Å². The summed E-state index contributed by atoms with van der Waals surface area (Å²) in [5, 5.41) is 9.51. The Kier molecular flexibility index (Phi) is 10.9. The lowest BCUT2D eigenvalue weighted by molar-refractivity contribution is -0.120. The molecular weight excluding hydrogens is 484 g/mol. The molecule has 10 heteroatoms. The normalized spacial score (nSPS) is 18.9. The van der Waals surface area contributed by atoms with Gasteiger partial charge in [-0.1, -0.05) is 25.8 Å². The molecule has 0 aliphatic carbocycles. The zero-order valence-electron chi connectivity index (χ0n) is 22.1. The van der Waals surface area contributed by atoms with Gasteiger partial charge in [-0.05, 0) is 69.1 Å². The fourth-order valence-electron chi connectivity index (χ4n) is 4.54. The average molecular weight is 525 g/mol. The SMILES string of the molecule is CCCC1CNCCC(CCCCN)C(=O)Nc2cc(C(N)=O)ccc2COc2ccc(N)cc2C(=O)N1. The lowest BCUT2D eigenvalue weighted by Gasteiger charge is -2.23. The summed E-state index contributed by atoms with van der Waals surface area (Å²) in [6, 6.07) is 9.66. The maximum Gasteiger partial charge on any atom is 0.255 e. The first-order valence-corrected chi connectivity index (χ1v) is 13.3. The topological polar surface area (TPSA) is 175 Å². The summed E-state index contributed by atoms with van der Waals surface area (Å²) in [7, 11) is 0. The number of fused-ring (bicyclic) bond motifs is 2. The number of nitrogen functional groups attached to an aromatic ring is 1. The molecule has 0 bridgehead atoms. The lowest BCUT2D eigenvalue weighted by Crippen LogP contribution is -2.42. The van der Waals surface area contributed by atoms with E-state index < -0.39 is 5.91 Å². The Balaban J connectivity index is 1.97. The number of amides is 3. The van der Waals surface area contributed by atoms with Crippen LogP contribution in [0.5, 0.6) is 5.75 Å². The van der Waals surface area contributed by atoms with Crippen molar-refractivity contribution < 1.29 is 19.1 Å². The second-order valence-electron chi connectivity index (χ2n) is 9.70. The van der Waals surface area contributed by atoms with Crippen molar-refractivity contribution in [3.63, 3.8) is 0 Å². The number of unbranched alkanes of at least 4 members (excludes halogenated alkanes) is 1. The molecule has 3 amide bonds. The molecule has 10 nitrogen and oxygen atoms in total. The minimum atomic E-state index is -0.599. The fraction of sp³-hybridized carbons (Fsp3) is 0.464. The van der Waals surface area contributed by atoms with Gasteiger partial charge in [0.05, 0.1) is 5.56 Å². The van der Waals surface area contributed by atoms with Gasteiger partial charge in [0, 0.05) is 41.0 Å². The van der Waals surface area contributed by atoms with Crippen molar-refractivity contribution in [2.45, 2.75) is 58.1 Å². The number of rotatable bonds is 7. The Morgan fingerprint density at radius 2 is 1.92 bits per heavy atom. The molecule has 0 saturated heterocycles. The third-order valence-electron chi connectivity index (χ3n) is 6.69. The van der Waals surface area contributed by atoms with Crippen LogP contribution in [0.1, 0.15) is 71.7 Å². The van der Waals surface area contributed by atoms with E-state index in [4.69, 9.17) is 21.9 Å². The maximum absolute atomic E-state index is 13.4. The molecule has 2 unspecified atom stereocenters. The molecule has 206 valence electrons. The van der Waals surface area contributed by atoms with Gasteiger partial charge in [-0.15, -0.1) is 0 Å². The van der Waals surface area contributed by atoms with Crippen LogP contribution in [0, 0.1) is 5.92 Å². The van der Waals surface area contributed by atoms with Crippen molar-refractivity contribution in [3.05, 3.63) is 53.1 Å². The molecule has 0 radical (unpaired) electrons. The zero-order valence-corrected chi connectivity index (χ0v) is 22.1. The molecule has 0 aromatic heterocycles. The summed E-state index contributed by atoms with van der Waals surface area (Å²) in [6.07, 6.45) is 4.68. The van der Waals surface area contributed by atoms with Gasteiger partial charge in [0.1, 0.15) is 12.4 Å². The smallest absolute Gasteiger partial charge is 0.255 e. The number of hydrogen-bond acceptors (Lipinski definition) is 7. The van der Waals surface area contributed by atoms with Crippen LogP contribution >= 0.6 is 0 Å².